The van der Waals surface area contributed by atoms with E-state index in [9.17, 15) is 13.2 Å². The molecule has 0 bridgehead atoms. The average Bonchev–Trinajstić information content (AvgIpc) is 2.47. The number of rotatable bonds is 3. The van der Waals surface area contributed by atoms with Gasteiger partial charge in [0, 0.05) is 25.9 Å². The Balaban J connectivity index is 2.37. The third-order valence-corrected chi connectivity index (χ3v) is 6.52. The Hall–Kier alpha value is -1.71. The molecule has 1 aliphatic heterocycles. The summed E-state index contributed by atoms with van der Waals surface area (Å²) in [5.41, 5.74) is 1.02. The number of nitrogens with zero attached hydrogens (tertiary/aromatic N) is 2. The van der Waals surface area contributed by atoms with E-state index in [2.05, 4.69) is 0 Å². The molecule has 0 amide bonds. The van der Waals surface area contributed by atoms with E-state index in [1.807, 2.05) is 6.07 Å². The van der Waals surface area contributed by atoms with E-state index in [1.165, 1.54) is 4.31 Å². The molecule has 21 heavy (non-hydrogen) atoms. The zero-order valence-electron chi connectivity index (χ0n) is 12.2. The largest absolute Gasteiger partial charge is 0.300 e. The molecule has 0 saturated carbocycles. The van der Waals surface area contributed by atoms with Gasteiger partial charge in [-0.05, 0) is 31.5 Å². The molecule has 0 unspecified atom stereocenters. The molecule has 0 aromatic heterocycles. The number of nitriles is 1. The van der Waals surface area contributed by atoms with Gasteiger partial charge in [0.15, 0.2) is 0 Å². The maximum absolute atomic E-state index is 12.8. The molecule has 1 fully saturated rings. The number of hydrogen-bond donors (Lipinski definition) is 0. The van der Waals surface area contributed by atoms with Gasteiger partial charge in [-0.3, -0.25) is 4.79 Å². The Morgan fingerprint density at radius 2 is 1.86 bits per heavy atom. The lowest BCUT2D eigenvalue weighted by molar-refractivity contribution is -0.120. The third-order valence-electron chi connectivity index (χ3n) is 3.95. The van der Waals surface area contributed by atoms with Gasteiger partial charge in [0.1, 0.15) is 10.5 Å². The lowest BCUT2D eigenvalue weighted by Crippen LogP contribution is -2.46. The number of benzene rings is 1. The summed E-state index contributed by atoms with van der Waals surface area (Å²) in [5.74, 6) is 0.103. The molecule has 2 rings (SSSR count). The van der Waals surface area contributed by atoms with Crippen LogP contribution in [-0.2, 0) is 19.6 Å². The van der Waals surface area contributed by atoms with Crippen molar-refractivity contribution in [3.05, 3.63) is 35.4 Å². The first-order valence-corrected chi connectivity index (χ1v) is 8.25. The topological polar surface area (TPSA) is 78.2 Å². The minimum Gasteiger partial charge on any atom is -0.300 e. The van der Waals surface area contributed by atoms with Crippen molar-refractivity contribution in [1.29, 1.82) is 5.26 Å². The molecule has 0 spiro atoms. The summed E-state index contributed by atoms with van der Waals surface area (Å²) in [7, 11) is -3.59. The molecule has 0 aliphatic carbocycles. The SMILES string of the molecule is CC(C)(c1cccc(C#N)c1)S(=O)(=O)N1CCC(=O)CC1. The van der Waals surface area contributed by atoms with Crippen LogP contribution in [0, 0.1) is 11.3 Å². The minimum absolute atomic E-state index is 0.103. The fraction of sp³-hybridized carbons (Fsp3) is 0.467. The van der Waals surface area contributed by atoms with Crippen LogP contribution in [0.4, 0.5) is 0 Å². The average molecular weight is 306 g/mol. The molecule has 5 nitrogen and oxygen atoms in total. The Morgan fingerprint density at radius 3 is 2.43 bits per heavy atom. The van der Waals surface area contributed by atoms with Crippen LogP contribution >= 0.6 is 0 Å². The molecule has 1 aliphatic rings. The van der Waals surface area contributed by atoms with Gasteiger partial charge in [-0.2, -0.15) is 5.26 Å². The van der Waals surface area contributed by atoms with Crippen molar-refractivity contribution in [3.8, 4) is 6.07 Å². The summed E-state index contributed by atoms with van der Waals surface area (Å²) in [4.78, 5) is 11.3. The number of piperidine rings is 1. The second kappa shape index (κ2) is 5.58. The highest BCUT2D eigenvalue weighted by Gasteiger charge is 2.41. The van der Waals surface area contributed by atoms with Crippen molar-refractivity contribution < 1.29 is 13.2 Å². The van der Waals surface area contributed by atoms with Gasteiger partial charge >= 0.3 is 0 Å². The number of sulfonamides is 1. The van der Waals surface area contributed by atoms with E-state index < -0.39 is 14.8 Å². The van der Waals surface area contributed by atoms with Crippen molar-refractivity contribution in [1.82, 2.24) is 4.31 Å². The van der Waals surface area contributed by atoms with E-state index in [1.54, 1.807) is 38.1 Å². The zero-order valence-corrected chi connectivity index (χ0v) is 13.0. The molecule has 0 radical (unpaired) electrons. The fourth-order valence-electron chi connectivity index (χ4n) is 2.41. The van der Waals surface area contributed by atoms with Crippen molar-refractivity contribution in [2.45, 2.75) is 31.4 Å². The first-order chi connectivity index (χ1) is 9.79. The van der Waals surface area contributed by atoms with Crippen LogP contribution in [0.2, 0.25) is 0 Å². The Bertz CT molecular complexity index is 692. The quantitative estimate of drug-likeness (QED) is 0.853. The van der Waals surface area contributed by atoms with Gasteiger partial charge in [-0.25, -0.2) is 12.7 Å². The summed E-state index contributed by atoms with van der Waals surface area (Å²) < 4.78 is 25.9. The molecule has 1 aromatic carbocycles. The van der Waals surface area contributed by atoms with Gasteiger partial charge in [0.25, 0.3) is 0 Å². The van der Waals surface area contributed by atoms with Crippen LogP contribution in [-0.4, -0.2) is 31.6 Å². The predicted octanol–water partition coefficient (Wildman–Crippen LogP) is 1.79. The second-order valence-electron chi connectivity index (χ2n) is 5.65. The number of carbonyl (C=O) groups is 1. The van der Waals surface area contributed by atoms with E-state index >= 15 is 0 Å². The molecule has 6 heteroatoms. The third kappa shape index (κ3) is 2.85. The van der Waals surface area contributed by atoms with Crippen LogP contribution < -0.4 is 0 Å². The smallest absolute Gasteiger partial charge is 0.223 e. The van der Waals surface area contributed by atoms with Gasteiger partial charge in [-0.1, -0.05) is 12.1 Å². The molecule has 1 heterocycles. The Kier molecular flexibility index (Phi) is 4.17. The van der Waals surface area contributed by atoms with Crippen LogP contribution in [0.15, 0.2) is 24.3 Å². The van der Waals surface area contributed by atoms with E-state index in [0.717, 1.165) is 0 Å². The first-order valence-electron chi connectivity index (χ1n) is 6.81. The summed E-state index contributed by atoms with van der Waals surface area (Å²) in [6, 6.07) is 8.67. The highest BCUT2D eigenvalue weighted by atomic mass is 32.2. The standard InChI is InChI=1S/C15H18N2O3S/c1-15(2,13-5-3-4-12(10-13)11-16)21(19,20)17-8-6-14(18)7-9-17/h3-5,10H,6-9H2,1-2H3. The van der Waals surface area contributed by atoms with E-state index in [0.29, 0.717) is 11.1 Å². The molecule has 1 saturated heterocycles. The van der Waals surface area contributed by atoms with Crippen molar-refractivity contribution >= 4 is 15.8 Å². The van der Waals surface area contributed by atoms with Crippen LogP contribution in [0.3, 0.4) is 0 Å². The fourth-order valence-corrected chi connectivity index (χ4v) is 4.14. The lowest BCUT2D eigenvalue weighted by atomic mass is 10.0. The Morgan fingerprint density at radius 1 is 1.24 bits per heavy atom. The number of ketones is 1. The number of carbonyl (C=O) groups excluding carboxylic acids is 1. The summed E-state index contributed by atoms with van der Waals surface area (Å²) in [5, 5.41) is 8.96. The van der Waals surface area contributed by atoms with Gasteiger partial charge in [0.2, 0.25) is 10.0 Å². The first kappa shape index (κ1) is 15.7. The maximum Gasteiger partial charge on any atom is 0.223 e. The van der Waals surface area contributed by atoms with E-state index in [-0.39, 0.29) is 31.7 Å². The zero-order chi connectivity index (χ0) is 15.7. The second-order valence-corrected chi connectivity index (χ2v) is 8.13. The van der Waals surface area contributed by atoms with Crippen molar-refractivity contribution in [2.75, 3.05) is 13.1 Å². The molecule has 1 aromatic rings. The summed E-state index contributed by atoms with van der Waals surface area (Å²) in [6.45, 7) is 3.75. The monoisotopic (exact) mass is 306 g/mol. The normalized spacial score (nSPS) is 17.5. The maximum atomic E-state index is 12.8. The van der Waals surface area contributed by atoms with Crippen molar-refractivity contribution in [2.24, 2.45) is 0 Å². The van der Waals surface area contributed by atoms with Gasteiger partial charge in [-0.15, -0.1) is 0 Å². The molecule has 0 atom stereocenters. The highest BCUT2D eigenvalue weighted by Crippen LogP contribution is 2.33. The van der Waals surface area contributed by atoms with Crippen molar-refractivity contribution in [3.63, 3.8) is 0 Å². The highest BCUT2D eigenvalue weighted by molar-refractivity contribution is 7.90. The molecule has 0 N–H and O–H groups in total. The molecular weight excluding hydrogens is 288 g/mol. The van der Waals surface area contributed by atoms with Crippen LogP contribution in [0.5, 0.6) is 0 Å². The van der Waals surface area contributed by atoms with E-state index in [4.69, 9.17) is 5.26 Å². The van der Waals surface area contributed by atoms with Crippen LogP contribution in [0.25, 0.3) is 0 Å². The number of hydrogen-bond acceptors (Lipinski definition) is 4. The van der Waals surface area contributed by atoms with Gasteiger partial charge < -0.3 is 0 Å². The number of Topliss-reactive ketones (excluding diaryl/α,β-unsaturated/α-hetero) is 1. The summed E-state index contributed by atoms with van der Waals surface area (Å²) >= 11 is 0. The predicted molar refractivity (Wildman–Crippen MR) is 78.9 cm³/mol. The Labute approximate surface area is 125 Å². The summed E-state index contributed by atoms with van der Waals surface area (Å²) in [6.07, 6.45) is 0.543. The molecule has 112 valence electrons. The lowest BCUT2D eigenvalue weighted by Gasteiger charge is -2.34. The van der Waals surface area contributed by atoms with Gasteiger partial charge in [0.05, 0.1) is 11.6 Å². The molecular formula is C15H18N2O3S. The van der Waals surface area contributed by atoms with Crippen LogP contribution in [0.1, 0.15) is 37.8 Å². The minimum atomic E-state index is -3.59.